The maximum atomic E-state index is 12.1. The number of carbonyl (C=O) groups is 1. The van der Waals surface area contributed by atoms with Crippen LogP contribution in [0.1, 0.15) is 49.8 Å². The zero-order chi connectivity index (χ0) is 16.1. The number of piperidine rings is 1. The summed E-state index contributed by atoms with van der Waals surface area (Å²) >= 11 is 1.56. The topological polar surface area (TPSA) is 83.3 Å². The maximum absolute atomic E-state index is 12.1. The van der Waals surface area contributed by atoms with Crippen LogP contribution in [-0.2, 0) is 6.54 Å². The van der Waals surface area contributed by atoms with Gasteiger partial charge in [-0.2, -0.15) is 0 Å². The van der Waals surface area contributed by atoms with Crippen molar-refractivity contribution < 1.29 is 4.79 Å². The van der Waals surface area contributed by atoms with Gasteiger partial charge in [-0.1, -0.05) is 19.3 Å². The molecule has 0 bridgehead atoms. The molecule has 0 radical (unpaired) electrons. The third-order valence-electron chi connectivity index (χ3n) is 4.81. The van der Waals surface area contributed by atoms with Crippen LogP contribution in [0.4, 0.5) is 9.93 Å². The molecule has 3 rings (SSSR count). The molecule has 2 amide bonds. The van der Waals surface area contributed by atoms with Gasteiger partial charge in [0.15, 0.2) is 5.13 Å². The molecule has 0 unspecified atom stereocenters. The quantitative estimate of drug-likeness (QED) is 0.757. The van der Waals surface area contributed by atoms with Gasteiger partial charge in [-0.3, -0.25) is 4.90 Å². The van der Waals surface area contributed by atoms with E-state index in [2.05, 4.69) is 20.5 Å². The predicted octanol–water partition coefficient (Wildman–Crippen LogP) is 2.74. The van der Waals surface area contributed by atoms with E-state index in [1.54, 1.807) is 11.3 Å². The minimum absolute atomic E-state index is 0. The van der Waals surface area contributed by atoms with Gasteiger partial charge in [-0.15, -0.1) is 23.7 Å². The second-order valence-corrected chi connectivity index (χ2v) is 7.81. The molecule has 1 saturated heterocycles. The Labute approximate surface area is 154 Å². The van der Waals surface area contributed by atoms with Crippen molar-refractivity contribution in [1.82, 2.24) is 20.5 Å². The van der Waals surface area contributed by atoms with Crippen molar-refractivity contribution in [2.24, 2.45) is 0 Å². The fourth-order valence-corrected chi connectivity index (χ4v) is 4.24. The molecular weight excluding hydrogens is 346 g/mol. The largest absolute Gasteiger partial charge is 0.375 e. The van der Waals surface area contributed by atoms with E-state index >= 15 is 0 Å². The van der Waals surface area contributed by atoms with E-state index in [-0.39, 0.29) is 18.4 Å². The highest BCUT2D eigenvalue weighted by Crippen LogP contribution is 2.20. The van der Waals surface area contributed by atoms with Gasteiger partial charge in [-0.25, -0.2) is 9.78 Å². The number of halogens is 1. The highest BCUT2D eigenvalue weighted by molar-refractivity contribution is 7.15. The zero-order valence-corrected chi connectivity index (χ0v) is 15.6. The zero-order valence-electron chi connectivity index (χ0n) is 14.0. The fourth-order valence-electron chi connectivity index (χ4n) is 3.51. The molecule has 2 aliphatic rings. The molecule has 1 aliphatic carbocycles. The average Bonchev–Trinajstić information content (AvgIpc) is 2.95. The molecule has 24 heavy (non-hydrogen) atoms. The third kappa shape index (κ3) is 5.79. The van der Waals surface area contributed by atoms with E-state index < -0.39 is 0 Å². The lowest BCUT2D eigenvalue weighted by Crippen LogP contribution is -2.50. The second-order valence-electron chi connectivity index (χ2n) is 6.67. The van der Waals surface area contributed by atoms with Crippen molar-refractivity contribution in [3.05, 3.63) is 11.1 Å². The Morgan fingerprint density at radius 1 is 1.17 bits per heavy atom. The summed E-state index contributed by atoms with van der Waals surface area (Å²) < 4.78 is 0. The van der Waals surface area contributed by atoms with Gasteiger partial charge in [-0.05, 0) is 25.7 Å². The lowest BCUT2D eigenvalue weighted by Gasteiger charge is -2.32. The van der Waals surface area contributed by atoms with E-state index in [0.717, 1.165) is 45.3 Å². The molecule has 0 spiro atoms. The van der Waals surface area contributed by atoms with E-state index in [9.17, 15) is 4.79 Å². The van der Waals surface area contributed by atoms with Crippen LogP contribution < -0.4 is 16.4 Å². The van der Waals surface area contributed by atoms with Crippen molar-refractivity contribution in [3.8, 4) is 0 Å². The number of nitrogens with zero attached hydrogens (tertiary/aromatic N) is 2. The van der Waals surface area contributed by atoms with E-state index in [1.807, 2.05) is 6.20 Å². The van der Waals surface area contributed by atoms with Crippen molar-refractivity contribution in [2.75, 3.05) is 18.8 Å². The number of thiazole rings is 1. The van der Waals surface area contributed by atoms with Gasteiger partial charge >= 0.3 is 6.03 Å². The van der Waals surface area contributed by atoms with Gasteiger partial charge in [0.1, 0.15) is 0 Å². The summed E-state index contributed by atoms with van der Waals surface area (Å²) in [6.07, 6.45) is 9.93. The molecule has 2 fully saturated rings. The molecular formula is C16H28ClN5OS. The first-order valence-electron chi connectivity index (χ1n) is 8.68. The van der Waals surface area contributed by atoms with Crippen molar-refractivity contribution >= 4 is 34.9 Å². The highest BCUT2D eigenvalue weighted by atomic mass is 35.5. The number of urea groups is 1. The summed E-state index contributed by atoms with van der Waals surface area (Å²) in [5.74, 6) is 0. The lowest BCUT2D eigenvalue weighted by atomic mass is 9.96. The number of likely N-dealkylation sites (tertiary alicyclic amines) is 1. The SMILES string of the molecule is Cl.Nc1ncc(CN2CCC(NC(=O)NC3CCCCC3)CC2)s1. The minimum atomic E-state index is 0. The fraction of sp³-hybridized carbons (Fsp3) is 0.750. The van der Waals surface area contributed by atoms with Crippen molar-refractivity contribution in [3.63, 3.8) is 0 Å². The standard InChI is InChI=1S/C16H27N5OS.ClH/c17-15-18-10-14(23-15)11-21-8-6-13(7-9-21)20-16(22)19-12-4-2-1-3-5-12;/h10,12-13H,1-9,11H2,(H2,17,18)(H2,19,20,22);1H. The molecule has 0 atom stereocenters. The number of anilines is 1. The Balaban J connectivity index is 0.00000208. The number of rotatable bonds is 4. The number of nitrogens with two attached hydrogens (primary N) is 1. The normalized spacial score (nSPS) is 20.3. The summed E-state index contributed by atoms with van der Waals surface area (Å²) in [6.45, 7) is 2.92. The smallest absolute Gasteiger partial charge is 0.315 e. The minimum Gasteiger partial charge on any atom is -0.375 e. The summed E-state index contributed by atoms with van der Waals surface area (Å²) in [6, 6.07) is 0.688. The number of nitrogen functional groups attached to an aromatic ring is 1. The molecule has 0 aromatic carbocycles. The first-order valence-corrected chi connectivity index (χ1v) is 9.50. The first-order chi connectivity index (χ1) is 11.2. The van der Waals surface area contributed by atoms with Crippen LogP contribution in [0.15, 0.2) is 6.20 Å². The number of amides is 2. The Hall–Kier alpha value is -1.05. The number of aromatic nitrogens is 1. The maximum Gasteiger partial charge on any atom is 0.315 e. The van der Waals surface area contributed by atoms with E-state index in [4.69, 9.17) is 5.73 Å². The summed E-state index contributed by atoms with van der Waals surface area (Å²) in [7, 11) is 0. The molecule has 6 nitrogen and oxygen atoms in total. The van der Waals surface area contributed by atoms with Crippen LogP contribution >= 0.6 is 23.7 Å². The Kier molecular flexibility index (Phi) is 7.58. The van der Waals surface area contributed by atoms with Gasteiger partial charge in [0.25, 0.3) is 0 Å². The number of hydrogen-bond acceptors (Lipinski definition) is 5. The lowest BCUT2D eigenvalue weighted by molar-refractivity contribution is 0.185. The van der Waals surface area contributed by atoms with Crippen molar-refractivity contribution in [1.29, 1.82) is 0 Å². The van der Waals surface area contributed by atoms with Gasteiger partial charge in [0.05, 0.1) is 0 Å². The van der Waals surface area contributed by atoms with Crippen LogP contribution in [0.25, 0.3) is 0 Å². The molecule has 1 aliphatic heterocycles. The Morgan fingerprint density at radius 2 is 1.79 bits per heavy atom. The second kappa shape index (κ2) is 9.44. The monoisotopic (exact) mass is 373 g/mol. The Morgan fingerprint density at radius 3 is 2.38 bits per heavy atom. The number of nitrogens with one attached hydrogen (secondary N) is 2. The van der Waals surface area contributed by atoms with Gasteiger partial charge < -0.3 is 16.4 Å². The molecule has 1 aromatic rings. The molecule has 136 valence electrons. The molecule has 8 heteroatoms. The van der Waals surface area contributed by atoms with Gasteiger partial charge in [0, 0.05) is 42.8 Å². The number of carbonyl (C=O) groups excluding carboxylic acids is 1. The van der Waals surface area contributed by atoms with Crippen LogP contribution in [0, 0.1) is 0 Å². The van der Waals surface area contributed by atoms with E-state index in [1.165, 1.54) is 24.1 Å². The van der Waals surface area contributed by atoms with Gasteiger partial charge in [0.2, 0.25) is 0 Å². The molecule has 1 saturated carbocycles. The summed E-state index contributed by atoms with van der Waals surface area (Å²) in [5.41, 5.74) is 5.67. The highest BCUT2D eigenvalue weighted by Gasteiger charge is 2.22. The third-order valence-corrected chi connectivity index (χ3v) is 5.63. The first kappa shape index (κ1) is 19.3. The average molecular weight is 374 g/mol. The van der Waals surface area contributed by atoms with Crippen LogP contribution in [-0.4, -0.2) is 41.1 Å². The molecule has 1 aromatic heterocycles. The molecule has 4 N–H and O–H groups in total. The van der Waals surface area contributed by atoms with Crippen LogP contribution in [0.5, 0.6) is 0 Å². The van der Waals surface area contributed by atoms with Crippen molar-refractivity contribution in [2.45, 2.75) is 63.6 Å². The van der Waals surface area contributed by atoms with Crippen LogP contribution in [0.2, 0.25) is 0 Å². The summed E-state index contributed by atoms with van der Waals surface area (Å²) in [4.78, 5) is 19.8. The van der Waals surface area contributed by atoms with E-state index in [0.29, 0.717) is 17.2 Å². The van der Waals surface area contributed by atoms with Crippen LogP contribution in [0.3, 0.4) is 0 Å². The Bertz CT molecular complexity index is 512. The summed E-state index contributed by atoms with van der Waals surface area (Å²) in [5, 5.41) is 6.92. The number of hydrogen-bond donors (Lipinski definition) is 3. The predicted molar refractivity (Wildman–Crippen MR) is 101 cm³/mol. The molecule has 2 heterocycles.